The maximum atomic E-state index is 12.2. The molecule has 1 aromatic heterocycles. The first kappa shape index (κ1) is 21.1. The fourth-order valence-electron chi connectivity index (χ4n) is 2.66. The maximum absolute atomic E-state index is 12.2. The molecular formula is C19H15ClIN3O5. The molecule has 0 saturated heterocycles. The average Bonchev–Trinajstić information content (AvgIpc) is 2.71. The van der Waals surface area contributed by atoms with Crippen molar-refractivity contribution < 1.29 is 19.2 Å². The molecule has 10 heteroatoms. The summed E-state index contributed by atoms with van der Waals surface area (Å²) in [7, 11) is 1.36. The van der Waals surface area contributed by atoms with Crippen LogP contribution in [0.15, 0.2) is 42.6 Å². The van der Waals surface area contributed by atoms with Gasteiger partial charge in [0, 0.05) is 24.2 Å². The number of carbonyl (C=O) groups is 1. The Bertz CT molecular complexity index is 1090. The number of methoxy groups -OCH3 is 1. The van der Waals surface area contributed by atoms with Gasteiger partial charge in [0.15, 0.2) is 18.1 Å². The second kappa shape index (κ2) is 9.23. The van der Waals surface area contributed by atoms with Gasteiger partial charge >= 0.3 is 5.69 Å². The predicted octanol–water partition coefficient (Wildman–Crippen LogP) is 4.10. The van der Waals surface area contributed by atoms with E-state index in [0.717, 1.165) is 8.96 Å². The molecule has 8 nitrogen and oxygen atoms in total. The number of ether oxygens (including phenoxy) is 2. The fraction of sp³-hybridized carbons (Fsp3) is 0.158. The van der Waals surface area contributed by atoms with Crippen LogP contribution < -0.4 is 14.8 Å². The number of nitro groups is 1. The molecule has 0 fully saturated rings. The topological polar surface area (TPSA) is 104 Å². The summed E-state index contributed by atoms with van der Waals surface area (Å²) >= 11 is 8.31. The Morgan fingerprint density at radius 3 is 2.86 bits per heavy atom. The Morgan fingerprint density at radius 2 is 2.14 bits per heavy atom. The van der Waals surface area contributed by atoms with Gasteiger partial charge in [0.05, 0.1) is 20.6 Å². The number of hydrogen-bond acceptors (Lipinski definition) is 6. The van der Waals surface area contributed by atoms with Crippen LogP contribution in [0, 0.1) is 13.7 Å². The minimum Gasteiger partial charge on any atom is -0.490 e. The number of nitrogens with zero attached hydrogens (tertiary/aromatic N) is 2. The number of nitro benzene ring substituents is 1. The molecule has 0 aliphatic heterocycles. The summed E-state index contributed by atoms with van der Waals surface area (Å²) in [5, 5.41) is 15.1. The third-order valence-corrected chi connectivity index (χ3v) is 5.14. The van der Waals surface area contributed by atoms with Crippen molar-refractivity contribution in [2.75, 3.05) is 13.7 Å². The second-order valence-electron chi connectivity index (χ2n) is 5.90. The third kappa shape index (κ3) is 4.85. The van der Waals surface area contributed by atoms with Crippen molar-refractivity contribution in [3.05, 3.63) is 66.9 Å². The Morgan fingerprint density at radius 1 is 1.34 bits per heavy atom. The molecular weight excluding hydrogens is 513 g/mol. The number of amides is 1. The second-order valence-corrected chi connectivity index (χ2v) is 7.47. The van der Waals surface area contributed by atoms with Crippen LogP contribution in [0.3, 0.4) is 0 Å². The quantitative estimate of drug-likeness (QED) is 0.282. The number of nitrogens with one attached hydrogen (secondary N) is 1. The van der Waals surface area contributed by atoms with E-state index in [9.17, 15) is 14.9 Å². The van der Waals surface area contributed by atoms with E-state index in [0.29, 0.717) is 21.9 Å². The van der Waals surface area contributed by atoms with E-state index in [1.807, 2.05) is 6.07 Å². The van der Waals surface area contributed by atoms with Gasteiger partial charge in [-0.15, -0.1) is 0 Å². The van der Waals surface area contributed by atoms with E-state index in [2.05, 4.69) is 32.9 Å². The van der Waals surface area contributed by atoms with Crippen LogP contribution in [0.4, 0.5) is 5.69 Å². The van der Waals surface area contributed by atoms with E-state index < -0.39 is 4.92 Å². The Kier molecular flexibility index (Phi) is 6.70. The van der Waals surface area contributed by atoms with Crippen molar-refractivity contribution >= 4 is 56.7 Å². The molecule has 150 valence electrons. The Balaban J connectivity index is 1.67. The molecule has 1 N–H and O–H groups in total. The first-order chi connectivity index (χ1) is 13.9. The normalized spacial score (nSPS) is 10.6. The van der Waals surface area contributed by atoms with Crippen molar-refractivity contribution in [1.29, 1.82) is 0 Å². The van der Waals surface area contributed by atoms with Crippen LogP contribution in [0.25, 0.3) is 10.9 Å². The highest BCUT2D eigenvalue weighted by atomic mass is 127. The van der Waals surface area contributed by atoms with Crippen LogP contribution in [0.5, 0.6) is 11.5 Å². The fourth-order valence-corrected chi connectivity index (χ4v) is 3.83. The number of halogens is 2. The lowest BCUT2D eigenvalue weighted by atomic mass is 10.2. The number of fused-ring (bicyclic) bond motifs is 1. The summed E-state index contributed by atoms with van der Waals surface area (Å²) in [5.41, 5.74) is 0.978. The highest BCUT2D eigenvalue weighted by Gasteiger charge is 2.16. The number of carbonyl (C=O) groups excluding carboxylic acids is 1. The maximum Gasteiger partial charge on any atom is 0.311 e. The molecule has 3 aromatic rings. The molecule has 0 spiro atoms. The first-order valence-corrected chi connectivity index (χ1v) is 9.80. The smallest absolute Gasteiger partial charge is 0.311 e. The van der Waals surface area contributed by atoms with Crippen LogP contribution in [0.1, 0.15) is 5.56 Å². The van der Waals surface area contributed by atoms with Gasteiger partial charge in [-0.1, -0.05) is 17.7 Å². The minimum absolute atomic E-state index is 0.115. The highest BCUT2D eigenvalue weighted by Crippen LogP contribution is 2.34. The van der Waals surface area contributed by atoms with E-state index in [1.54, 1.807) is 24.4 Å². The number of aromatic nitrogens is 1. The van der Waals surface area contributed by atoms with Gasteiger partial charge in [0.25, 0.3) is 5.91 Å². The number of benzene rings is 2. The van der Waals surface area contributed by atoms with Crippen LogP contribution in [-0.2, 0) is 11.3 Å². The summed E-state index contributed by atoms with van der Waals surface area (Å²) in [6, 6.07) is 9.84. The van der Waals surface area contributed by atoms with Crippen LogP contribution >= 0.6 is 34.2 Å². The zero-order chi connectivity index (χ0) is 21.0. The lowest BCUT2D eigenvalue weighted by Crippen LogP contribution is -2.28. The van der Waals surface area contributed by atoms with E-state index >= 15 is 0 Å². The molecule has 2 aromatic carbocycles. The number of rotatable bonds is 7. The van der Waals surface area contributed by atoms with E-state index in [-0.39, 0.29) is 30.5 Å². The Hall–Kier alpha value is -2.66. The van der Waals surface area contributed by atoms with Gasteiger partial charge in [-0.3, -0.25) is 19.9 Å². The van der Waals surface area contributed by atoms with Crippen molar-refractivity contribution in [1.82, 2.24) is 10.3 Å². The molecule has 1 amide bonds. The molecule has 0 atom stereocenters. The van der Waals surface area contributed by atoms with E-state index in [4.69, 9.17) is 21.1 Å². The molecule has 0 radical (unpaired) electrons. The van der Waals surface area contributed by atoms with Gasteiger partial charge in [0.2, 0.25) is 0 Å². The van der Waals surface area contributed by atoms with Crippen LogP contribution in [-0.4, -0.2) is 29.5 Å². The SMILES string of the molecule is COc1ccc(CNC(=O)COc2c(I)cc(Cl)c3cccnc23)cc1[N+](=O)[O-]. The number of pyridine rings is 1. The monoisotopic (exact) mass is 527 g/mol. The molecule has 0 aliphatic carbocycles. The van der Waals surface area contributed by atoms with Gasteiger partial charge in [0.1, 0.15) is 5.52 Å². The highest BCUT2D eigenvalue weighted by molar-refractivity contribution is 14.1. The zero-order valence-electron chi connectivity index (χ0n) is 15.1. The van der Waals surface area contributed by atoms with Gasteiger partial charge in [-0.2, -0.15) is 0 Å². The van der Waals surface area contributed by atoms with Crippen LogP contribution in [0.2, 0.25) is 5.02 Å². The molecule has 1 heterocycles. The zero-order valence-corrected chi connectivity index (χ0v) is 18.1. The standard InChI is InChI=1S/C19H15ClIN3O5/c1-28-16-5-4-11(7-15(16)24(26)27)9-23-17(25)10-29-19-14(21)8-13(20)12-3-2-6-22-18(12)19/h2-8H,9-10H2,1H3,(H,23,25). The molecule has 0 aliphatic rings. The lowest BCUT2D eigenvalue weighted by molar-refractivity contribution is -0.385. The van der Waals surface area contributed by atoms with Crippen molar-refractivity contribution in [3.63, 3.8) is 0 Å². The summed E-state index contributed by atoms with van der Waals surface area (Å²) in [4.78, 5) is 27.1. The minimum atomic E-state index is -0.534. The summed E-state index contributed by atoms with van der Waals surface area (Å²) in [5.74, 6) is 0.254. The molecule has 3 rings (SSSR count). The molecule has 0 bridgehead atoms. The average molecular weight is 528 g/mol. The Labute approximate surface area is 184 Å². The molecule has 29 heavy (non-hydrogen) atoms. The lowest BCUT2D eigenvalue weighted by Gasteiger charge is -2.12. The van der Waals surface area contributed by atoms with E-state index in [1.165, 1.54) is 19.2 Å². The first-order valence-electron chi connectivity index (χ1n) is 8.34. The predicted molar refractivity (Wildman–Crippen MR) is 116 cm³/mol. The number of hydrogen-bond donors (Lipinski definition) is 1. The molecule has 0 unspecified atom stereocenters. The van der Waals surface area contributed by atoms with Crippen molar-refractivity contribution in [2.45, 2.75) is 6.54 Å². The van der Waals surface area contributed by atoms with Crippen molar-refractivity contribution in [3.8, 4) is 11.5 Å². The third-order valence-electron chi connectivity index (χ3n) is 4.03. The van der Waals surface area contributed by atoms with Gasteiger partial charge in [-0.25, -0.2) is 0 Å². The largest absolute Gasteiger partial charge is 0.490 e. The van der Waals surface area contributed by atoms with Gasteiger partial charge in [-0.05, 0) is 52.4 Å². The summed E-state index contributed by atoms with van der Waals surface area (Å²) in [6.45, 7) is -0.120. The summed E-state index contributed by atoms with van der Waals surface area (Å²) < 4.78 is 11.4. The van der Waals surface area contributed by atoms with Gasteiger partial charge < -0.3 is 14.8 Å². The van der Waals surface area contributed by atoms with Crippen molar-refractivity contribution in [2.24, 2.45) is 0 Å². The molecule has 0 saturated carbocycles. The summed E-state index contributed by atoms with van der Waals surface area (Å²) in [6.07, 6.45) is 1.62.